The standard InChI is InChI=1S/C13H22N6O4/c1-7(11(20)19-10(2-3-14)13(22)23)18-12(21)9(15)4-8-5-16-6-17-8/h5-7,9-10H,2-4,14-15H2,1H3,(H,16,17)(H,18,21)(H,19,20)(H,22,23)/t7-,9-,10-/m0/s1. The summed E-state index contributed by atoms with van der Waals surface area (Å²) < 4.78 is 0. The molecule has 0 aliphatic rings. The molecule has 0 unspecified atom stereocenters. The van der Waals surface area contributed by atoms with E-state index in [4.69, 9.17) is 16.6 Å². The lowest BCUT2D eigenvalue weighted by molar-refractivity contribution is -0.142. The third kappa shape index (κ3) is 6.04. The second kappa shape index (κ2) is 8.86. The van der Waals surface area contributed by atoms with E-state index < -0.39 is 35.9 Å². The second-order valence-corrected chi connectivity index (χ2v) is 5.08. The molecule has 10 heteroatoms. The van der Waals surface area contributed by atoms with Crippen molar-refractivity contribution in [1.82, 2.24) is 20.6 Å². The molecule has 0 saturated carbocycles. The van der Waals surface area contributed by atoms with Crippen LogP contribution in [0.15, 0.2) is 12.5 Å². The van der Waals surface area contributed by atoms with E-state index in [9.17, 15) is 14.4 Å². The minimum atomic E-state index is -1.18. The van der Waals surface area contributed by atoms with Crippen LogP contribution < -0.4 is 22.1 Å². The number of amides is 2. The number of carboxylic acids is 1. The monoisotopic (exact) mass is 326 g/mol. The van der Waals surface area contributed by atoms with Gasteiger partial charge in [0.2, 0.25) is 11.8 Å². The Bertz CT molecular complexity index is 533. The number of hydrogen-bond donors (Lipinski definition) is 6. The van der Waals surface area contributed by atoms with Crippen molar-refractivity contribution in [3.05, 3.63) is 18.2 Å². The number of carbonyl (C=O) groups excluding carboxylic acids is 2. The first kappa shape index (κ1) is 18.6. The molecule has 0 radical (unpaired) electrons. The van der Waals surface area contributed by atoms with Crippen LogP contribution in [0.5, 0.6) is 0 Å². The van der Waals surface area contributed by atoms with Gasteiger partial charge in [0.1, 0.15) is 12.1 Å². The van der Waals surface area contributed by atoms with Crippen molar-refractivity contribution in [3.8, 4) is 0 Å². The summed E-state index contributed by atoms with van der Waals surface area (Å²) in [6.07, 6.45) is 3.40. The Labute approximate surface area is 133 Å². The zero-order valence-electron chi connectivity index (χ0n) is 12.8. The molecule has 1 aromatic heterocycles. The van der Waals surface area contributed by atoms with E-state index in [1.54, 1.807) is 6.20 Å². The minimum Gasteiger partial charge on any atom is -0.480 e. The third-order valence-electron chi connectivity index (χ3n) is 3.14. The first-order chi connectivity index (χ1) is 10.8. The van der Waals surface area contributed by atoms with E-state index in [0.29, 0.717) is 5.69 Å². The number of imidazole rings is 1. The summed E-state index contributed by atoms with van der Waals surface area (Å²) in [5, 5.41) is 13.7. The van der Waals surface area contributed by atoms with Gasteiger partial charge in [0.25, 0.3) is 0 Å². The lowest BCUT2D eigenvalue weighted by Gasteiger charge is -2.19. The molecule has 8 N–H and O–H groups in total. The summed E-state index contributed by atoms with van der Waals surface area (Å²) in [6, 6.07) is -2.88. The van der Waals surface area contributed by atoms with Crippen LogP contribution in [0.4, 0.5) is 0 Å². The fraction of sp³-hybridized carbons (Fsp3) is 0.538. The Kier molecular flexibility index (Phi) is 7.16. The zero-order valence-corrected chi connectivity index (χ0v) is 12.8. The summed E-state index contributed by atoms with van der Waals surface area (Å²) >= 11 is 0. The van der Waals surface area contributed by atoms with Crippen molar-refractivity contribution in [2.75, 3.05) is 6.54 Å². The molecule has 2 amide bonds. The maximum atomic E-state index is 11.9. The van der Waals surface area contributed by atoms with Gasteiger partial charge in [-0.3, -0.25) is 9.59 Å². The lowest BCUT2D eigenvalue weighted by Crippen LogP contribution is -2.53. The Balaban J connectivity index is 2.49. The number of aromatic nitrogens is 2. The van der Waals surface area contributed by atoms with Crippen LogP contribution in [0.25, 0.3) is 0 Å². The predicted octanol–water partition coefficient (Wildman–Crippen LogP) is -2.30. The van der Waals surface area contributed by atoms with Crippen LogP contribution in [0.1, 0.15) is 19.0 Å². The molecule has 23 heavy (non-hydrogen) atoms. The van der Waals surface area contributed by atoms with Crippen molar-refractivity contribution in [3.63, 3.8) is 0 Å². The molecule has 0 aliphatic carbocycles. The van der Waals surface area contributed by atoms with Gasteiger partial charge < -0.3 is 32.2 Å². The number of aromatic amines is 1. The normalized spacial score (nSPS) is 14.6. The second-order valence-electron chi connectivity index (χ2n) is 5.08. The molecule has 1 rings (SSSR count). The Morgan fingerprint density at radius 1 is 1.35 bits per heavy atom. The molecule has 10 nitrogen and oxygen atoms in total. The summed E-state index contributed by atoms with van der Waals surface area (Å²) in [5.41, 5.74) is 11.7. The third-order valence-corrected chi connectivity index (χ3v) is 3.14. The molecule has 1 heterocycles. The number of nitrogens with two attached hydrogens (primary N) is 2. The maximum absolute atomic E-state index is 11.9. The quantitative estimate of drug-likeness (QED) is 0.295. The molecular formula is C13H22N6O4. The van der Waals surface area contributed by atoms with Crippen molar-refractivity contribution in [1.29, 1.82) is 0 Å². The summed E-state index contributed by atoms with van der Waals surface area (Å²) in [5.74, 6) is -2.33. The molecule has 0 saturated heterocycles. The van der Waals surface area contributed by atoms with E-state index in [2.05, 4.69) is 20.6 Å². The molecule has 0 aromatic carbocycles. The average molecular weight is 326 g/mol. The topological polar surface area (TPSA) is 176 Å². The summed E-state index contributed by atoms with van der Waals surface area (Å²) in [6.45, 7) is 1.56. The predicted molar refractivity (Wildman–Crippen MR) is 81.1 cm³/mol. The molecule has 3 atom stereocenters. The number of hydrogen-bond acceptors (Lipinski definition) is 6. The summed E-state index contributed by atoms with van der Waals surface area (Å²) in [7, 11) is 0. The van der Waals surface area contributed by atoms with E-state index in [1.165, 1.54) is 13.3 Å². The number of carbonyl (C=O) groups is 3. The number of H-pyrrole nitrogens is 1. The van der Waals surface area contributed by atoms with Crippen LogP contribution in [-0.2, 0) is 20.8 Å². The highest BCUT2D eigenvalue weighted by Crippen LogP contribution is 1.98. The highest BCUT2D eigenvalue weighted by atomic mass is 16.4. The maximum Gasteiger partial charge on any atom is 0.326 e. The highest BCUT2D eigenvalue weighted by Gasteiger charge is 2.25. The molecule has 128 valence electrons. The minimum absolute atomic E-state index is 0.0976. The Hall–Kier alpha value is -2.46. The van der Waals surface area contributed by atoms with E-state index in [1.807, 2.05) is 0 Å². The molecule has 1 aromatic rings. The van der Waals surface area contributed by atoms with Gasteiger partial charge in [-0.25, -0.2) is 9.78 Å². The first-order valence-electron chi connectivity index (χ1n) is 7.12. The van der Waals surface area contributed by atoms with Crippen LogP contribution in [-0.4, -0.2) is 57.5 Å². The number of nitrogens with one attached hydrogen (secondary N) is 3. The zero-order chi connectivity index (χ0) is 17.4. The Morgan fingerprint density at radius 3 is 2.57 bits per heavy atom. The van der Waals surface area contributed by atoms with Crippen LogP contribution in [0.3, 0.4) is 0 Å². The van der Waals surface area contributed by atoms with Gasteiger partial charge in [-0.1, -0.05) is 0 Å². The lowest BCUT2D eigenvalue weighted by atomic mass is 10.1. The van der Waals surface area contributed by atoms with Gasteiger partial charge in [-0.2, -0.15) is 0 Å². The van der Waals surface area contributed by atoms with Gasteiger partial charge in [-0.05, 0) is 19.9 Å². The molecular weight excluding hydrogens is 304 g/mol. The Morgan fingerprint density at radius 2 is 2.04 bits per heavy atom. The van der Waals surface area contributed by atoms with Gasteiger partial charge in [0.05, 0.1) is 18.1 Å². The van der Waals surface area contributed by atoms with Crippen LogP contribution in [0.2, 0.25) is 0 Å². The molecule has 0 bridgehead atoms. The van der Waals surface area contributed by atoms with Crippen LogP contribution in [0, 0.1) is 0 Å². The van der Waals surface area contributed by atoms with Gasteiger partial charge in [-0.15, -0.1) is 0 Å². The summed E-state index contributed by atoms with van der Waals surface area (Å²) in [4.78, 5) is 41.5. The number of nitrogens with zero attached hydrogens (tertiary/aromatic N) is 1. The average Bonchev–Trinajstić information content (AvgIpc) is 2.99. The number of carboxylic acid groups (broad SMARTS) is 1. The molecule has 0 fully saturated rings. The van der Waals surface area contributed by atoms with E-state index in [0.717, 1.165) is 0 Å². The van der Waals surface area contributed by atoms with E-state index in [-0.39, 0.29) is 19.4 Å². The van der Waals surface area contributed by atoms with E-state index >= 15 is 0 Å². The van der Waals surface area contributed by atoms with Crippen LogP contribution >= 0.6 is 0 Å². The van der Waals surface area contributed by atoms with Gasteiger partial charge >= 0.3 is 5.97 Å². The SMILES string of the molecule is C[C@H](NC(=O)[C@@H](N)Cc1c[nH]cn1)C(=O)N[C@@H](CCN)C(=O)O. The fourth-order valence-electron chi connectivity index (χ4n) is 1.83. The van der Waals surface area contributed by atoms with Crippen molar-refractivity contribution >= 4 is 17.8 Å². The van der Waals surface area contributed by atoms with Crippen molar-refractivity contribution in [2.45, 2.75) is 37.9 Å². The molecule has 0 aliphatic heterocycles. The van der Waals surface area contributed by atoms with Gasteiger partial charge in [0, 0.05) is 12.6 Å². The fourth-order valence-corrected chi connectivity index (χ4v) is 1.83. The smallest absolute Gasteiger partial charge is 0.326 e. The van der Waals surface area contributed by atoms with Crippen molar-refractivity contribution in [2.24, 2.45) is 11.5 Å². The van der Waals surface area contributed by atoms with Crippen molar-refractivity contribution < 1.29 is 19.5 Å². The largest absolute Gasteiger partial charge is 0.480 e. The van der Waals surface area contributed by atoms with Gasteiger partial charge in [0.15, 0.2) is 0 Å². The number of aliphatic carboxylic acids is 1. The number of rotatable bonds is 9. The highest BCUT2D eigenvalue weighted by molar-refractivity contribution is 5.91. The first-order valence-corrected chi connectivity index (χ1v) is 7.12. The molecule has 0 spiro atoms.